The normalized spacial score (nSPS) is 31.9. The molecule has 2 heterocycles. The van der Waals surface area contributed by atoms with Crippen LogP contribution in [0.2, 0.25) is 0 Å². The standard InChI is InChI=1S/C12H25N3O2S/c1-14-6-4-12(10-13,5-7-14)15(2)11-3-8-18(16,17)9-11/h11H,3-10,13H2,1-2H3. The Morgan fingerprint density at radius 2 is 2.00 bits per heavy atom. The summed E-state index contributed by atoms with van der Waals surface area (Å²) in [4.78, 5) is 4.58. The van der Waals surface area contributed by atoms with Crippen molar-refractivity contribution in [3.8, 4) is 0 Å². The molecule has 2 aliphatic heterocycles. The van der Waals surface area contributed by atoms with Crippen molar-refractivity contribution in [1.29, 1.82) is 0 Å². The smallest absolute Gasteiger partial charge is 0.151 e. The molecule has 0 amide bonds. The molecule has 0 aromatic rings. The van der Waals surface area contributed by atoms with E-state index in [0.29, 0.717) is 18.1 Å². The molecule has 1 unspecified atom stereocenters. The third-order valence-electron chi connectivity index (χ3n) is 4.80. The lowest BCUT2D eigenvalue weighted by atomic mass is 9.85. The highest BCUT2D eigenvalue weighted by Gasteiger charge is 2.42. The fourth-order valence-electron chi connectivity index (χ4n) is 3.20. The third kappa shape index (κ3) is 2.71. The summed E-state index contributed by atoms with van der Waals surface area (Å²) in [5.41, 5.74) is 6.01. The first-order chi connectivity index (χ1) is 8.38. The zero-order valence-electron chi connectivity index (χ0n) is 11.4. The largest absolute Gasteiger partial charge is 0.329 e. The summed E-state index contributed by atoms with van der Waals surface area (Å²) in [5.74, 6) is 0.643. The van der Waals surface area contributed by atoms with E-state index in [-0.39, 0.29) is 11.6 Å². The second-order valence-electron chi connectivity index (χ2n) is 5.90. The van der Waals surface area contributed by atoms with Crippen LogP contribution in [-0.4, -0.2) is 75.0 Å². The Hall–Kier alpha value is -0.170. The van der Waals surface area contributed by atoms with Crippen molar-refractivity contribution in [3.05, 3.63) is 0 Å². The Balaban J connectivity index is 2.08. The summed E-state index contributed by atoms with van der Waals surface area (Å²) < 4.78 is 23.2. The molecule has 1 atom stereocenters. The molecular formula is C12H25N3O2S. The number of hydrogen-bond acceptors (Lipinski definition) is 5. The van der Waals surface area contributed by atoms with E-state index in [1.165, 1.54) is 0 Å². The van der Waals surface area contributed by atoms with Gasteiger partial charge in [0.15, 0.2) is 9.84 Å². The molecule has 0 aliphatic carbocycles. The average molecular weight is 275 g/mol. The SMILES string of the molecule is CN1CCC(CN)(N(C)C2CCS(=O)(=O)C2)CC1. The molecule has 0 bridgehead atoms. The fourth-order valence-corrected chi connectivity index (χ4v) is 4.98. The molecule has 0 aromatic carbocycles. The highest BCUT2D eigenvalue weighted by molar-refractivity contribution is 7.91. The van der Waals surface area contributed by atoms with Gasteiger partial charge < -0.3 is 10.6 Å². The molecule has 0 aromatic heterocycles. The highest BCUT2D eigenvalue weighted by atomic mass is 32.2. The maximum absolute atomic E-state index is 11.6. The van der Waals surface area contributed by atoms with Gasteiger partial charge in [0.25, 0.3) is 0 Å². The van der Waals surface area contributed by atoms with Crippen LogP contribution in [0, 0.1) is 0 Å². The van der Waals surface area contributed by atoms with Crippen LogP contribution >= 0.6 is 0 Å². The van der Waals surface area contributed by atoms with E-state index in [0.717, 1.165) is 32.4 Å². The maximum atomic E-state index is 11.6. The second kappa shape index (κ2) is 5.07. The topological polar surface area (TPSA) is 66.6 Å². The zero-order chi connectivity index (χ0) is 13.4. The molecule has 6 heteroatoms. The lowest BCUT2D eigenvalue weighted by molar-refractivity contribution is 0.0298. The fraction of sp³-hybridized carbons (Fsp3) is 1.00. The summed E-state index contributed by atoms with van der Waals surface area (Å²) in [7, 11) is 1.37. The number of rotatable bonds is 3. The molecule has 18 heavy (non-hydrogen) atoms. The quantitative estimate of drug-likeness (QED) is 0.754. The van der Waals surface area contributed by atoms with Gasteiger partial charge in [0.1, 0.15) is 0 Å². The number of likely N-dealkylation sites (N-methyl/N-ethyl adjacent to an activating group) is 1. The summed E-state index contributed by atoms with van der Waals surface area (Å²) in [6.07, 6.45) is 2.83. The van der Waals surface area contributed by atoms with Crippen LogP contribution in [0.3, 0.4) is 0 Å². The number of nitrogens with zero attached hydrogens (tertiary/aromatic N) is 2. The average Bonchev–Trinajstić information content (AvgIpc) is 2.70. The van der Waals surface area contributed by atoms with Crippen molar-refractivity contribution >= 4 is 9.84 Å². The van der Waals surface area contributed by atoms with Crippen molar-refractivity contribution in [1.82, 2.24) is 9.80 Å². The molecule has 2 rings (SSSR count). The third-order valence-corrected chi connectivity index (χ3v) is 6.55. The van der Waals surface area contributed by atoms with Gasteiger partial charge in [-0.3, -0.25) is 4.90 Å². The van der Waals surface area contributed by atoms with Crippen molar-refractivity contribution in [2.45, 2.75) is 30.8 Å². The van der Waals surface area contributed by atoms with Gasteiger partial charge in [-0.05, 0) is 46.4 Å². The Kier molecular flexibility index (Phi) is 4.02. The molecule has 106 valence electrons. The maximum Gasteiger partial charge on any atom is 0.151 e. The molecule has 0 radical (unpaired) electrons. The van der Waals surface area contributed by atoms with Crippen LogP contribution in [0.25, 0.3) is 0 Å². The van der Waals surface area contributed by atoms with Gasteiger partial charge in [-0.2, -0.15) is 0 Å². The van der Waals surface area contributed by atoms with Crippen molar-refractivity contribution in [2.24, 2.45) is 5.73 Å². The number of likely N-dealkylation sites (tertiary alicyclic amines) is 1. The molecule has 2 saturated heterocycles. The van der Waals surface area contributed by atoms with E-state index >= 15 is 0 Å². The van der Waals surface area contributed by atoms with E-state index in [4.69, 9.17) is 5.73 Å². The molecule has 2 N–H and O–H groups in total. The predicted octanol–water partition coefficient (Wildman–Crippen LogP) is -0.472. The van der Waals surface area contributed by atoms with Gasteiger partial charge in [-0.15, -0.1) is 0 Å². The second-order valence-corrected chi connectivity index (χ2v) is 8.13. The zero-order valence-corrected chi connectivity index (χ0v) is 12.2. The summed E-state index contributed by atoms with van der Waals surface area (Å²) >= 11 is 0. The monoisotopic (exact) mass is 275 g/mol. The summed E-state index contributed by atoms with van der Waals surface area (Å²) in [5, 5.41) is 0. The van der Waals surface area contributed by atoms with Crippen molar-refractivity contribution in [2.75, 3.05) is 45.2 Å². The molecule has 2 fully saturated rings. The number of sulfone groups is 1. The van der Waals surface area contributed by atoms with Gasteiger partial charge in [-0.1, -0.05) is 0 Å². The van der Waals surface area contributed by atoms with Gasteiger partial charge in [0, 0.05) is 18.1 Å². The van der Waals surface area contributed by atoms with E-state index in [1.807, 2.05) is 0 Å². The minimum Gasteiger partial charge on any atom is -0.329 e. The first kappa shape index (κ1) is 14.2. The summed E-state index contributed by atoms with van der Waals surface area (Å²) in [6, 6.07) is 0.155. The van der Waals surface area contributed by atoms with Crippen molar-refractivity contribution < 1.29 is 8.42 Å². The minimum absolute atomic E-state index is 0.00294. The van der Waals surface area contributed by atoms with Crippen LogP contribution in [0.5, 0.6) is 0 Å². The van der Waals surface area contributed by atoms with Crippen LogP contribution < -0.4 is 5.73 Å². The Morgan fingerprint density at radius 3 is 2.44 bits per heavy atom. The highest BCUT2D eigenvalue weighted by Crippen LogP contribution is 2.31. The number of hydrogen-bond donors (Lipinski definition) is 1. The van der Waals surface area contributed by atoms with Crippen molar-refractivity contribution in [3.63, 3.8) is 0 Å². The van der Waals surface area contributed by atoms with Gasteiger partial charge in [0.05, 0.1) is 11.5 Å². The molecule has 2 aliphatic rings. The van der Waals surface area contributed by atoms with Crippen LogP contribution in [0.4, 0.5) is 0 Å². The molecule has 0 spiro atoms. The first-order valence-electron chi connectivity index (χ1n) is 6.70. The Bertz CT molecular complexity index is 388. The van der Waals surface area contributed by atoms with E-state index in [2.05, 4.69) is 23.9 Å². The molecule has 0 saturated carbocycles. The Morgan fingerprint density at radius 1 is 1.39 bits per heavy atom. The minimum atomic E-state index is -2.82. The van der Waals surface area contributed by atoms with E-state index < -0.39 is 9.84 Å². The lowest BCUT2D eigenvalue weighted by Gasteiger charge is -2.48. The first-order valence-corrected chi connectivity index (χ1v) is 8.53. The van der Waals surface area contributed by atoms with E-state index in [9.17, 15) is 8.42 Å². The van der Waals surface area contributed by atoms with E-state index in [1.54, 1.807) is 0 Å². The predicted molar refractivity (Wildman–Crippen MR) is 73.3 cm³/mol. The van der Waals surface area contributed by atoms with Crippen LogP contribution in [0.1, 0.15) is 19.3 Å². The number of piperidine rings is 1. The summed E-state index contributed by atoms with van der Waals surface area (Å²) in [6.45, 7) is 2.70. The van der Waals surface area contributed by atoms with Gasteiger partial charge >= 0.3 is 0 Å². The van der Waals surface area contributed by atoms with Crippen LogP contribution in [-0.2, 0) is 9.84 Å². The lowest BCUT2D eigenvalue weighted by Crippen LogP contribution is -2.60. The van der Waals surface area contributed by atoms with Gasteiger partial charge in [0.2, 0.25) is 0 Å². The molecular weight excluding hydrogens is 250 g/mol. The van der Waals surface area contributed by atoms with Gasteiger partial charge in [-0.25, -0.2) is 8.42 Å². The van der Waals surface area contributed by atoms with Crippen LogP contribution in [0.15, 0.2) is 0 Å². The number of nitrogens with two attached hydrogens (primary N) is 1. The molecule has 5 nitrogen and oxygen atoms in total. The Labute approximate surface area is 110 Å².